The second kappa shape index (κ2) is 4.63. The van der Waals surface area contributed by atoms with Crippen molar-refractivity contribution in [1.82, 2.24) is 0 Å². The van der Waals surface area contributed by atoms with E-state index in [0.717, 1.165) is 11.1 Å². The molecule has 0 spiro atoms. The van der Waals surface area contributed by atoms with E-state index in [-0.39, 0.29) is 0 Å². The van der Waals surface area contributed by atoms with Crippen molar-refractivity contribution >= 4 is 0 Å². The van der Waals surface area contributed by atoms with Crippen molar-refractivity contribution in [3.05, 3.63) is 60.2 Å². The van der Waals surface area contributed by atoms with Crippen LogP contribution in [0, 0.1) is 0 Å². The standard InChI is InChI=1S/C12H14O/c1-3-10(2)9-12(13)11-7-5-4-6-8-11/h3-9,12-13H,1H2,2H3/b10-9+. The normalized spacial score (nSPS) is 13.8. The van der Waals surface area contributed by atoms with Gasteiger partial charge in [-0.2, -0.15) is 0 Å². The van der Waals surface area contributed by atoms with E-state index in [1.807, 2.05) is 37.3 Å². The predicted octanol–water partition coefficient (Wildman–Crippen LogP) is 2.85. The summed E-state index contributed by atoms with van der Waals surface area (Å²) in [4.78, 5) is 0. The van der Waals surface area contributed by atoms with E-state index in [4.69, 9.17) is 0 Å². The van der Waals surface area contributed by atoms with Gasteiger partial charge in [-0.3, -0.25) is 0 Å². The van der Waals surface area contributed by atoms with Crippen LogP contribution in [-0.4, -0.2) is 5.11 Å². The number of allylic oxidation sites excluding steroid dienone is 2. The van der Waals surface area contributed by atoms with Gasteiger partial charge in [-0.25, -0.2) is 0 Å². The minimum Gasteiger partial charge on any atom is -0.384 e. The Bertz CT molecular complexity index is 298. The van der Waals surface area contributed by atoms with E-state index >= 15 is 0 Å². The van der Waals surface area contributed by atoms with E-state index in [1.165, 1.54) is 0 Å². The lowest BCUT2D eigenvalue weighted by atomic mass is 10.1. The lowest BCUT2D eigenvalue weighted by Gasteiger charge is -2.05. The topological polar surface area (TPSA) is 20.2 Å². The zero-order chi connectivity index (χ0) is 9.68. The van der Waals surface area contributed by atoms with E-state index in [0.29, 0.717) is 0 Å². The minimum atomic E-state index is -0.529. The van der Waals surface area contributed by atoms with Gasteiger partial charge in [-0.15, -0.1) is 0 Å². The molecule has 1 aromatic carbocycles. The largest absolute Gasteiger partial charge is 0.384 e. The summed E-state index contributed by atoms with van der Waals surface area (Å²) in [5.41, 5.74) is 1.89. The summed E-state index contributed by atoms with van der Waals surface area (Å²) in [7, 11) is 0. The third-order valence-electron chi connectivity index (χ3n) is 1.88. The number of hydrogen-bond acceptors (Lipinski definition) is 1. The molecule has 1 atom stereocenters. The lowest BCUT2D eigenvalue weighted by Crippen LogP contribution is -1.92. The SMILES string of the molecule is C=C/C(C)=C/C(O)c1ccccc1. The van der Waals surface area contributed by atoms with Crippen molar-refractivity contribution in [1.29, 1.82) is 0 Å². The summed E-state index contributed by atoms with van der Waals surface area (Å²) < 4.78 is 0. The van der Waals surface area contributed by atoms with Gasteiger partial charge in [0.05, 0.1) is 6.10 Å². The van der Waals surface area contributed by atoms with Gasteiger partial charge in [0.1, 0.15) is 0 Å². The number of benzene rings is 1. The Hall–Kier alpha value is -1.34. The molecule has 0 fully saturated rings. The fourth-order valence-electron chi connectivity index (χ4n) is 1.06. The molecule has 68 valence electrons. The maximum atomic E-state index is 9.70. The van der Waals surface area contributed by atoms with Crippen molar-refractivity contribution in [3.63, 3.8) is 0 Å². The maximum Gasteiger partial charge on any atom is 0.0977 e. The van der Waals surface area contributed by atoms with Gasteiger partial charge in [-0.05, 0) is 18.6 Å². The Balaban J connectivity index is 2.80. The van der Waals surface area contributed by atoms with E-state index < -0.39 is 6.10 Å². The third kappa shape index (κ3) is 2.88. The average molecular weight is 174 g/mol. The van der Waals surface area contributed by atoms with Gasteiger partial charge < -0.3 is 5.11 Å². The molecule has 0 saturated carbocycles. The van der Waals surface area contributed by atoms with Crippen molar-refractivity contribution in [2.45, 2.75) is 13.0 Å². The van der Waals surface area contributed by atoms with E-state index in [1.54, 1.807) is 12.2 Å². The first kappa shape index (κ1) is 9.75. The lowest BCUT2D eigenvalue weighted by molar-refractivity contribution is 0.228. The van der Waals surface area contributed by atoms with Crippen LogP contribution in [0.2, 0.25) is 0 Å². The molecular formula is C12H14O. The minimum absolute atomic E-state index is 0.529. The molecule has 1 heteroatoms. The van der Waals surface area contributed by atoms with Crippen LogP contribution in [0.5, 0.6) is 0 Å². The van der Waals surface area contributed by atoms with Crippen LogP contribution in [0.15, 0.2) is 54.6 Å². The molecule has 0 amide bonds. The van der Waals surface area contributed by atoms with Crippen LogP contribution in [0.25, 0.3) is 0 Å². The number of hydrogen-bond donors (Lipinski definition) is 1. The highest BCUT2D eigenvalue weighted by Crippen LogP contribution is 2.15. The molecule has 1 nitrogen and oxygen atoms in total. The molecule has 0 heterocycles. The monoisotopic (exact) mass is 174 g/mol. The van der Waals surface area contributed by atoms with Crippen LogP contribution in [0.3, 0.4) is 0 Å². The first-order valence-corrected chi connectivity index (χ1v) is 4.28. The predicted molar refractivity (Wildman–Crippen MR) is 55.4 cm³/mol. The van der Waals surface area contributed by atoms with E-state index in [9.17, 15) is 5.11 Å². The molecule has 1 rings (SSSR count). The second-order valence-corrected chi connectivity index (χ2v) is 2.97. The highest BCUT2D eigenvalue weighted by molar-refractivity contribution is 5.24. The number of aliphatic hydroxyl groups excluding tert-OH is 1. The van der Waals surface area contributed by atoms with Crippen LogP contribution in [-0.2, 0) is 0 Å². The molecule has 0 aliphatic heterocycles. The smallest absolute Gasteiger partial charge is 0.0977 e. The summed E-state index contributed by atoms with van der Waals surface area (Å²) in [5, 5.41) is 9.70. The molecule has 0 bridgehead atoms. The highest BCUT2D eigenvalue weighted by Gasteiger charge is 2.01. The first-order valence-electron chi connectivity index (χ1n) is 4.28. The fourth-order valence-corrected chi connectivity index (χ4v) is 1.06. The second-order valence-electron chi connectivity index (χ2n) is 2.97. The van der Waals surface area contributed by atoms with Gasteiger partial charge in [0.2, 0.25) is 0 Å². The summed E-state index contributed by atoms with van der Waals surface area (Å²) in [5.74, 6) is 0. The first-order chi connectivity index (χ1) is 6.24. The Labute approximate surface area is 79.0 Å². The van der Waals surface area contributed by atoms with Crippen molar-refractivity contribution in [3.8, 4) is 0 Å². The van der Waals surface area contributed by atoms with E-state index in [2.05, 4.69) is 6.58 Å². The number of aliphatic hydroxyl groups is 1. The van der Waals surface area contributed by atoms with Gasteiger partial charge in [0.15, 0.2) is 0 Å². The van der Waals surface area contributed by atoms with Gasteiger partial charge in [0.25, 0.3) is 0 Å². The molecule has 0 aliphatic rings. The highest BCUT2D eigenvalue weighted by atomic mass is 16.3. The molecule has 1 unspecified atom stereocenters. The van der Waals surface area contributed by atoms with Crippen molar-refractivity contribution < 1.29 is 5.11 Å². The zero-order valence-corrected chi connectivity index (χ0v) is 7.77. The van der Waals surface area contributed by atoms with Crippen LogP contribution in [0.4, 0.5) is 0 Å². The Kier molecular flexibility index (Phi) is 3.47. The van der Waals surface area contributed by atoms with Crippen molar-refractivity contribution in [2.75, 3.05) is 0 Å². The van der Waals surface area contributed by atoms with Crippen LogP contribution < -0.4 is 0 Å². The third-order valence-corrected chi connectivity index (χ3v) is 1.88. The van der Waals surface area contributed by atoms with Gasteiger partial charge in [0, 0.05) is 0 Å². The van der Waals surface area contributed by atoms with Gasteiger partial charge in [-0.1, -0.05) is 48.6 Å². The molecule has 0 aliphatic carbocycles. The molecule has 0 aromatic heterocycles. The van der Waals surface area contributed by atoms with Crippen LogP contribution in [0.1, 0.15) is 18.6 Å². The van der Waals surface area contributed by atoms with Gasteiger partial charge >= 0.3 is 0 Å². The van der Waals surface area contributed by atoms with Crippen molar-refractivity contribution in [2.24, 2.45) is 0 Å². The fraction of sp³-hybridized carbons (Fsp3) is 0.167. The summed E-state index contributed by atoms with van der Waals surface area (Å²) >= 11 is 0. The summed E-state index contributed by atoms with van der Waals surface area (Å²) in [6.07, 6.45) is 2.98. The number of rotatable bonds is 3. The molecular weight excluding hydrogens is 160 g/mol. The molecule has 0 radical (unpaired) electrons. The quantitative estimate of drug-likeness (QED) is 0.698. The molecule has 13 heavy (non-hydrogen) atoms. The summed E-state index contributed by atoms with van der Waals surface area (Å²) in [6, 6.07) is 9.56. The Morgan fingerprint density at radius 1 is 1.38 bits per heavy atom. The molecule has 1 N–H and O–H groups in total. The molecule has 1 aromatic rings. The Morgan fingerprint density at radius 3 is 2.54 bits per heavy atom. The zero-order valence-electron chi connectivity index (χ0n) is 7.77. The summed E-state index contributed by atoms with van der Waals surface area (Å²) in [6.45, 7) is 5.54. The average Bonchev–Trinajstić information content (AvgIpc) is 2.19. The Morgan fingerprint density at radius 2 is 2.00 bits per heavy atom. The van der Waals surface area contributed by atoms with Crippen LogP contribution >= 0.6 is 0 Å². The maximum absolute atomic E-state index is 9.70. The molecule has 0 saturated heterocycles.